The van der Waals surface area contributed by atoms with Gasteiger partial charge in [-0.3, -0.25) is 0 Å². The minimum Gasteiger partial charge on any atom is -0.461 e. The van der Waals surface area contributed by atoms with Crippen LogP contribution in [-0.4, -0.2) is 15.0 Å². The van der Waals surface area contributed by atoms with E-state index < -0.39 is 0 Å². The van der Waals surface area contributed by atoms with Crippen molar-refractivity contribution < 1.29 is 4.42 Å². The Morgan fingerprint density at radius 3 is 2.25 bits per heavy atom. The van der Waals surface area contributed by atoms with Crippen LogP contribution in [-0.2, 0) is 19.3 Å². The van der Waals surface area contributed by atoms with E-state index in [0.717, 1.165) is 71.5 Å². The van der Waals surface area contributed by atoms with E-state index in [4.69, 9.17) is 19.4 Å². The van der Waals surface area contributed by atoms with Crippen LogP contribution < -0.4 is 0 Å². The molecule has 10 rings (SSSR count). The molecule has 0 N–H and O–H groups in total. The molecule has 0 saturated carbocycles. The predicted octanol–water partition coefficient (Wildman–Crippen LogP) is 11.8. The summed E-state index contributed by atoms with van der Waals surface area (Å²) in [6, 6.07) is 39.0. The molecule has 0 fully saturated rings. The maximum absolute atomic E-state index is 6.40. The Hall–Kier alpha value is -6.13. The number of rotatable bonds is 5. The summed E-state index contributed by atoms with van der Waals surface area (Å²) < 4.78 is 6.40. The first kappa shape index (κ1) is 30.7. The normalized spacial score (nSPS) is 15.9. The summed E-state index contributed by atoms with van der Waals surface area (Å²) in [6.45, 7) is 2.29. The molecule has 3 aliphatic carbocycles. The van der Waals surface area contributed by atoms with Crippen molar-refractivity contribution in [2.24, 2.45) is 5.92 Å². The van der Waals surface area contributed by atoms with Gasteiger partial charge < -0.3 is 4.42 Å². The van der Waals surface area contributed by atoms with Gasteiger partial charge in [-0.1, -0.05) is 134 Å². The van der Waals surface area contributed by atoms with Crippen LogP contribution in [0.1, 0.15) is 59.4 Å². The number of nitrogens with zero attached hydrogens (tertiary/aromatic N) is 3. The minimum atomic E-state index is 0.544. The highest BCUT2D eigenvalue weighted by Gasteiger charge is 2.28. The summed E-state index contributed by atoms with van der Waals surface area (Å²) >= 11 is 0. The lowest BCUT2D eigenvalue weighted by atomic mass is 9.86. The third-order valence-corrected chi connectivity index (χ3v) is 10.8. The van der Waals surface area contributed by atoms with Crippen LogP contribution >= 0.6 is 0 Å². The van der Waals surface area contributed by atoms with Gasteiger partial charge in [0.15, 0.2) is 17.5 Å². The zero-order chi connectivity index (χ0) is 34.6. The SMILES string of the molecule is CC1C=Cc2ccc3ccc(-c4ccc(-c5nc(C6=CCCc7oc8c(c76)CCC=C8)nc(-c6ccccc6-c6ccccc6)n5)cc4)cc3c2C1. The molecule has 3 aliphatic rings. The Kier molecular flexibility index (Phi) is 7.42. The van der Waals surface area contributed by atoms with Crippen molar-refractivity contribution in [3.05, 3.63) is 167 Å². The minimum absolute atomic E-state index is 0.544. The van der Waals surface area contributed by atoms with E-state index in [2.05, 4.69) is 140 Å². The number of fused-ring (bicyclic) bond motifs is 6. The highest BCUT2D eigenvalue weighted by atomic mass is 16.3. The van der Waals surface area contributed by atoms with Gasteiger partial charge in [0, 0.05) is 34.2 Å². The van der Waals surface area contributed by atoms with Crippen LogP contribution in [0, 0.1) is 5.92 Å². The second kappa shape index (κ2) is 12.6. The van der Waals surface area contributed by atoms with Gasteiger partial charge in [0.05, 0.1) is 0 Å². The highest BCUT2D eigenvalue weighted by Crippen LogP contribution is 2.41. The van der Waals surface area contributed by atoms with Gasteiger partial charge in [-0.15, -0.1) is 0 Å². The Bertz CT molecular complexity index is 2610. The van der Waals surface area contributed by atoms with Crippen LogP contribution in [0.25, 0.3) is 73.5 Å². The molecule has 0 aliphatic heterocycles. The lowest BCUT2D eigenvalue weighted by Crippen LogP contribution is -2.08. The summed E-state index contributed by atoms with van der Waals surface area (Å²) in [5.74, 6) is 4.57. The lowest BCUT2D eigenvalue weighted by molar-refractivity contribution is 0.496. The van der Waals surface area contributed by atoms with Crippen LogP contribution in [0.2, 0.25) is 0 Å². The third-order valence-electron chi connectivity index (χ3n) is 10.8. The first-order chi connectivity index (χ1) is 25.7. The van der Waals surface area contributed by atoms with Gasteiger partial charge in [0.1, 0.15) is 11.5 Å². The maximum atomic E-state index is 6.40. The average Bonchev–Trinajstić information content (AvgIpc) is 3.60. The Morgan fingerprint density at radius 1 is 0.615 bits per heavy atom. The third kappa shape index (κ3) is 5.34. The molecule has 4 heteroatoms. The number of aryl methyl sites for hydroxylation is 1. The van der Waals surface area contributed by atoms with Crippen LogP contribution in [0.5, 0.6) is 0 Å². The molecule has 5 aromatic carbocycles. The van der Waals surface area contributed by atoms with Crippen molar-refractivity contribution in [1.29, 1.82) is 0 Å². The Labute approximate surface area is 304 Å². The molecule has 7 aromatic rings. The van der Waals surface area contributed by atoms with Gasteiger partial charge in [0.25, 0.3) is 0 Å². The molecule has 0 spiro atoms. The fourth-order valence-electron chi connectivity index (χ4n) is 8.20. The fraction of sp³-hybridized carbons (Fsp3) is 0.146. The summed E-state index contributed by atoms with van der Waals surface area (Å²) in [6.07, 6.45) is 16.0. The zero-order valence-corrected chi connectivity index (χ0v) is 29.1. The number of aromatic nitrogens is 3. The van der Waals surface area contributed by atoms with Gasteiger partial charge in [-0.05, 0) is 87.9 Å². The van der Waals surface area contributed by atoms with Crippen molar-refractivity contribution >= 4 is 28.5 Å². The number of benzene rings is 5. The predicted molar refractivity (Wildman–Crippen MR) is 212 cm³/mol. The van der Waals surface area contributed by atoms with E-state index in [1.807, 2.05) is 6.07 Å². The number of furan rings is 1. The molecule has 2 heterocycles. The molecule has 52 heavy (non-hydrogen) atoms. The Balaban J connectivity index is 1.10. The standard InChI is InChI=1S/C48H37N3O/c1-30-18-19-33-22-23-34-24-27-36(29-42(34)41(33)28-30)31-20-25-35(26-21-31)46-49-47(38-13-6-5-12-37(38)32-10-3-2-4-11-32)51-48(50-46)40-15-9-17-44-45(40)39-14-7-8-16-43(39)52-44/h2-6,8,10-13,15-16,18-27,29-30H,7,9,14,17,28H2,1H3. The fourth-order valence-corrected chi connectivity index (χ4v) is 8.20. The molecular weight excluding hydrogens is 635 g/mol. The Morgan fingerprint density at radius 2 is 1.37 bits per heavy atom. The molecule has 0 bridgehead atoms. The number of hydrogen-bond acceptors (Lipinski definition) is 4. The summed E-state index contributed by atoms with van der Waals surface area (Å²) in [5.41, 5.74) is 12.8. The van der Waals surface area contributed by atoms with E-state index in [1.54, 1.807) is 0 Å². The largest absolute Gasteiger partial charge is 0.461 e. The number of allylic oxidation sites excluding steroid dienone is 3. The molecule has 0 amide bonds. The average molecular weight is 672 g/mol. The van der Waals surface area contributed by atoms with Gasteiger partial charge in [-0.2, -0.15) is 0 Å². The van der Waals surface area contributed by atoms with Crippen molar-refractivity contribution in [2.75, 3.05) is 0 Å². The van der Waals surface area contributed by atoms with Crippen molar-refractivity contribution in [2.45, 2.75) is 39.0 Å². The molecule has 250 valence electrons. The number of hydrogen-bond donors (Lipinski definition) is 0. The van der Waals surface area contributed by atoms with Gasteiger partial charge in [-0.25, -0.2) is 15.0 Å². The molecule has 2 aromatic heterocycles. The second-order valence-electron chi connectivity index (χ2n) is 14.2. The summed E-state index contributed by atoms with van der Waals surface area (Å²) in [4.78, 5) is 15.7. The smallest absolute Gasteiger partial charge is 0.164 e. The monoisotopic (exact) mass is 671 g/mol. The molecule has 1 unspecified atom stereocenters. The summed E-state index contributed by atoms with van der Waals surface area (Å²) in [7, 11) is 0. The quantitative estimate of drug-likeness (QED) is 0.183. The summed E-state index contributed by atoms with van der Waals surface area (Å²) in [5, 5.41) is 2.63. The molecule has 4 nitrogen and oxygen atoms in total. The first-order valence-electron chi connectivity index (χ1n) is 18.4. The lowest BCUT2D eigenvalue weighted by Gasteiger charge is -2.19. The van der Waals surface area contributed by atoms with Crippen LogP contribution in [0.15, 0.2) is 132 Å². The van der Waals surface area contributed by atoms with Gasteiger partial charge >= 0.3 is 0 Å². The van der Waals surface area contributed by atoms with E-state index >= 15 is 0 Å². The van der Waals surface area contributed by atoms with Crippen molar-refractivity contribution in [3.8, 4) is 45.0 Å². The van der Waals surface area contributed by atoms with Crippen LogP contribution in [0.4, 0.5) is 0 Å². The molecule has 0 radical (unpaired) electrons. The van der Waals surface area contributed by atoms with E-state index in [9.17, 15) is 0 Å². The van der Waals surface area contributed by atoms with E-state index in [1.165, 1.54) is 44.2 Å². The maximum Gasteiger partial charge on any atom is 0.164 e. The second-order valence-corrected chi connectivity index (χ2v) is 14.2. The van der Waals surface area contributed by atoms with Gasteiger partial charge in [0.2, 0.25) is 0 Å². The first-order valence-corrected chi connectivity index (χ1v) is 18.4. The van der Waals surface area contributed by atoms with Crippen molar-refractivity contribution in [3.63, 3.8) is 0 Å². The molecule has 1 atom stereocenters. The zero-order valence-electron chi connectivity index (χ0n) is 29.1. The van der Waals surface area contributed by atoms with Crippen molar-refractivity contribution in [1.82, 2.24) is 15.0 Å². The van der Waals surface area contributed by atoms with Crippen LogP contribution in [0.3, 0.4) is 0 Å². The topological polar surface area (TPSA) is 51.8 Å². The van der Waals surface area contributed by atoms with E-state index in [-0.39, 0.29) is 0 Å². The highest BCUT2D eigenvalue weighted by molar-refractivity contribution is 5.93. The van der Waals surface area contributed by atoms with E-state index in [0.29, 0.717) is 23.4 Å². The molecule has 0 saturated heterocycles. The molecular formula is C48H37N3O.